The van der Waals surface area contributed by atoms with E-state index in [9.17, 15) is 30.0 Å². The molecule has 0 bridgehead atoms. The van der Waals surface area contributed by atoms with Crippen molar-refractivity contribution in [3.63, 3.8) is 0 Å². The summed E-state index contributed by atoms with van der Waals surface area (Å²) in [4.78, 5) is 23.3. The molecule has 6 nitrogen and oxygen atoms in total. The Morgan fingerprint density at radius 3 is 1.29 bits per heavy atom. The standard InChI is InChI=1S/C12H18O3.C11H16O3.2W/c13-9-4-5-10(11(14)8-9)12(15)6-2-1-3-7-12;12-8-3-4-9(10(13)7-8)11(14)5-1-2-6-11;;/h8,10,13,15H,1-7H2;7,9,12,14H,1-6H2;;. The summed E-state index contributed by atoms with van der Waals surface area (Å²) in [6, 6.07) is 0. The molecule has 0 aromatic rings. The van der Waals surface area contributed by atoms with E-state index in [2.05, 4.69) is 0 Å². The topological polar surface area (TPSA) is 115 Å². The predicted molar refractivity (Wildman–Crippen MR) is 108 cm³/mol. The fourth-order valence-electron chi connectivity index (χ4n) is 5.46. The average Bonchev–Trinajstić information content (AvgIpc) is 3.10. The first-order chi connectivity index (χ1) is 13.7. The van der Waals surface area contributed by atoms with Crippen LogP contribution in [0.3, 0.4) is 0 Å². The van der Waals surface area contributed by atoms with Gasteiger partial charge in [0.1, 0.15) is 0 Å². The number of hydrogen-bond acceptors (Lipinski definition) is 6. The molecule has 4 N–H and O–H groups in total. The smallest absolute Gasteiger partial charge is 0.164 e. The number of allylic oxidation sites excluding steroid dienone is 4. The van der Waals surface area contributed by atoms with Crippen molar-refractivity contribution in [2.24, 2.45) is 11.8 Å². The zero-order valence-electron chi connectivity index (χ0n) is 17.9. The van der Waals surface area contributed by atoms with E-state index >= 15 is 0 Å². The molecular formula is C23H34O6W2. The Bertz CT molecular complexity index is 690. The van der Waals surface area contributed by atoms with E-state index in [4.69, 9.17) is 0 Å². The summed E-state index contributed by atoms with van der Waals surface area (Å²) in [5.74, 6) is -0.431. The Labute approximate surface area is 213 Å². The van der Waals surface area contributed by atoms with Gasteiger partial charge in [0.15, 0.2) is 11.6 Å². The van der Waals surface area contributed by atoms with Crippen molar-refractivity contribution >= 4 is 11.6 Å². The van der Waals surface area contributed by atoms with Gasteiger partial charge in [-0.2, -0.15) is 0 Å². The van der Waals surface area contributed by atoms with Crippen LogP contribution in [0, 0.1) is 11.8 Å². The molecule has 4 rings (SSSR count). The molecule has 4 aliphatic carbocycles. The zero-order valence-corrected chi connectivity index (χ0v) is 23.8. The van der Waals surface area contributed by atoms with Gasteiger partial charge in [0, 0.05) is 67.1 Å². The first-order valence-corrected chi connectivity index (χ1v) is 11.0. The van der Waals surface area contributed by atoms with Crippen LogP contribution in [0.5, 0.6) is 0 Å². The number of rotatable bonds is 2. The van der Waals surface area contributed by atoms with Crippen LogP contribution in [0.15, 0.2) is 23.7 Å². The molecule has 0 radical (unpaired) electrons. The molecule has 2 saturated carbocycles. The summed E-state index contributed by atoms with van der Waals surface area (Å²) in [6.07, 6.45) is 13.0. The number of hydrogen-bond donors (Lipinski definition) is 4. The van der Waals surface area contributed by atoms with Gasteiger partial charge in [-0.1, -0.05) is 32.1 Å². The van der Waals surface area contributed by atoms with Gasteiger partial charge in [-0.3, -0.25) is 9.59 Å². The largest absolute Gasteiger partial charge is 0.512 e. The molecule has 2 fully saturated rings. The fraction of sp³-hybridized carbons (Fsp3) is 0.739. The van der Waals surface area contributed by atoms with E-state index in [-0.39, 0.29) is 77.1 Å². The third kappa shape index (κ3) is 7.10. The van der Waals surface area contributed by atoms with Crippen LogP contribution in [0.4, 0.5) is 0 Å². The first kappa shape index (κ1) is 28.7. The Morgan fingerprint density at radius 1 is 0.645 bits per heavy atom. The second-order valence-electron chi connectivity index (χ2n) is 9.23. The van der Waals surface area contributed by atoms with Gasteiger partial charge in [0.05, 0.1) is 34.6 Å². The van der Waals surface area contributed by atoms with Crippen LogP contribution in [0.2, 0.25) is 0 Å². The van der Waals surface area contributed by atoms with Crippen molar-refractivity contribution in [1.82, 2.24) is 0 Å². The maximum atomic E-state index is 11.7. The van der Waals surface area contributed by atoms with Crippen LogP contribution in [-0.2, 0) is 51.7 Å². The summed E-state index contributed by atoms with van der Waals surface area (Å²) in [5.41, 5.74) is -1.58. The average molecular weight is 774 g/mol. The quantitative estimate of drug-likeness (QED) is 0.340. The van der Waals surface area contributed by atoms with E-state index in [1.54, 1.807) is 0 Å². The third-order valence-corrected chi connectivity index (χ3v) is 7.17. The summed E-state index contributed by atoms with van der Waals surface area (Å²) < 4.78 is 0. The zero-order chi connectivity index (χ0) is 21.1. The van der Waals surface area contributed by atoms with Gasteiger partial charge in [-0.15, -0.1) is 0 Å². The number of aliphatic hydroxyl groups excluding tert-OH is 2. The molecule has 8 heteroatoms. The third-order valence-electron chi connectivity index (χ3n) is 7.17. The minimum atomic E-state index is -0.799. The Morgan fingerprint density at radius 2 is 0.968 bits per heavy atom. The van der Waals surface area contributed by atoms with Crippen molar-refractivity contribution in [3.8, 4) is 0 Å². The summed E-state index contributed by atoms with van der Waals surface area (Å²) in [5, 5.41) is 39.1. The van der Waals surface area contributed by atoms with E-state index in [0.29, 0.717) is 25.7 Å². The van der Waals surface area contributed by atoms with Gasteiger partial charge >= 0.3 is 0 Å². The van der Waals surface area contributed by atoms with E-state index < -0.39 is 11.2 Å². The molecule has 31 heavy (non-hydrogen) atoms. The van der Waals surface area contributed by atoms with Crippen molar-refractivity contribution in [2.75, 3.05) is 0 Å². The minimum absolute atomic E-state index is 0. The molecule has 0 heterocycles. The molecule has 174 valence electrons. The second-order valence-corrected chi connectivity index (χ2v) is 9.23. The van der Waals surface area contributed by atoms with Gasteiger partial charge in [-0.25, -0.2) is 0 Å². The molecule has 2 atom stereocenters. The fourth-order valence-corrected chi connectivity index (χ4v) is 5.46. The van der Waals surface area contributed by atoms with E-state index in [1.807, 2.05) is 0 Å². The second kappa shape index (κ2) is 12.3. The molecule has 0 aliphatic heterocycles. The molecule has 0 saturated heterocycles. The van der Waals surface area contributed by atoms with E-state index in [1.165, 1.54) is 12.2 Å². The number of ketones is 2. The molecule has 2 unspecified atom stereocenters. The Hall–Kier alpha value is -0.283. The van der Waals surface area contributed by atoms with Crippen LogP contribution >= 0.6 is 0 Å². The van der Waals surface area contributed by atoms with Gasteiger partial charge in [0.2, 0.25) is 0 Å². The van der Waals surface area contributed by atoms with Crippen molar-refractivity contribution in [1.29, 1.82) is 0 Å². The number of carbonyl (C=O) groups is 2. The SMILES string of the molecule is O=C1C=C(O)CCC1C1(O)CCCC1.O=C1C=C(O)CCC1C1(O)CCCCC1.[W].[W]. The number of carbonyl (C=O) groups excluding carboxylic acids is 2. The van der Waals surface area contributed by atoms with Gasteiger partial charge < -0.3 is 20.4 Å². The van der Waals surface area contributed by atoms with Crippen LogP contribution < -0.4 is 0 Å². The van der Waals surface area contributed by atoms with Crippen LogP contribution in [0.1, 0.15) is 83.5 Å². The van der Waals surface area contributed by atoms with Gasteiger partial charge in [-0.05, 0) is 38.5 Å². The maximum absolute atomic E-state index is 11.7. The van der Waals surface area contributed by atoms with E-state index in [0.717, 1.165) is 57.8 Å². The Kier molecular flexibility index (Phi) is 11.4. The number of aliphatic hydroxyl groups is 4. The minimum Gasteiger partial charge on any atom is -0.512 e. The molecule has 0 aromatic heterocycles. The van der Waals surface area contributed by atoms with Crippen molar-refractivity contribution < 1.29 is 72.1 Å². The van der Waals surface area contributed by atoms with Crippen molar-refractivity contribution in [3.05, 3.63) is 23.7 Å². The molecule has 4 aliphatic rings. The van der Waals surface area contributed by atoms with Gasteiger partial charge in [0.25, 0.3) is 0 Å². The Balaban J connectivity index is 0.000000292. The maximum Gasteiger partial charge on any atom is 0.164 e. The van der Waals surface area contributed by atoms with Crippen LogP contribution in [-0.4, -0.2) is 43.2 Å². The molecule has 0 aromatic carbocycles. The summed E-state index contributed by atoms with van der Waals surface area (Å²) in [7, 11) is 0. The predicted octanol–water partition coefficient (Wildman–Crippen LogP) is 3.81. The normalized spacial score (nSPS) is 29.4. The molecule has 0 spiro atoms. The summed E-state index contributed by atoms with van der Waals surface area (Å²) in [6.45, 7) is 0. The molecule has 0 amide bonds. The van der Waals surface area contributed by atoms with Crippen LogP contribution in [0.25, 0.3) is 0 Å². The molecular weight excluding hydrogens is 740 g/mol. The first-order valence-electron chi connectivity index (χ1n) is 11.0. The van der Waals surface area contributed by atoms with Crippen molar-refractivity contribution in [2.45, 2.75) is 94.7 Å². The monoisotopic (exact) mass is 774 g/mol. The summed E-state index contributed by atoms with van der Waals surface area (Å²) >= 11 is 0.